The number of amides is 1. The fraction of sp³-hybridized carbons (Fsp3) is 0.500. The Kier molecular flexibility index (Phi) is 5.71. The van der Waals surface area contributed by atoms with E-state index in [1.165, 1.54) is 0 Å². The van der Waals surface area contributed by atoms with E-state index >= 15 is 0 Å². The highest BCUT2D eigenvalue weighted by atomic mass is 19.3. The van der Waals surface area contributed by atoms with Crippen LogP contribution < -0.4 is 15.4 Å². The molecule has 3 N–H and O–H groups in total. The van der Waals surface area contributed by atoms with Crippen LogP contribution in [-0.2, 0) is 0 Å². The molecule has 1 aromatic heterocycles. The van der Waals surface area contributed by atoms with Crippen LogP contribution in [0.5, 0.6) is 5.75 Å². The Bertz CT molecular complexity index is 402. The van der Waals surface area contributed by atoms with Crippen LogP contribution in [0.15, 0.2) is 12.4 Å². The number of aromatic nitrogens is 2. The third-order valence-corrected chi connectivity index (χ3v) is 2.06. The van der Waals surface area contributed by atoms with Crippen molar-refractivity contribution >= 4 is 12.0 Å². The maximum absolute atomic E-state index is 11.9. The highest BCUT2D eigenvalue weighted by Gasteiger charge is 2.07. The molecule has 1 atom stereocenters. The zero-order valence-corrected chi connectivity index (χ0v) is 10.1. The standard InChI is InChI=1S/C10H14F2N4O3/c1-6(3-16-10(17)18)2-13-9-14-4-7(5-15-9)19-8(11)12/h4-6,8,16H,2-3H2,1H3,(H,17,18)(H,13,14,15). The molecule has 0 fully saturated rings. The summed E-state index contributed by atoms with van der Waals surface area (Å²) in [5.74, 6) is 0.154. The van der Waals surface area contributed by atoms with Gasteiger partial charge in [-0.25, -0.2) is 14.8 Å². The first kappa shape index (κ1) is 14.9. The van der Waals surface area contributed by atoms with Gasteiger partial charge in [-0.3, -0.25) is 0 Å². The van der Waals surface area contributed by atoms with E-state index in [0.29, 0.717) is 6.54 Å². The molecule has 0 saturated heterocycles. The SMILES string of the molecule is CC(CNC(=O)O)CNc1ncc(OC(F)F)cn1. The maximum Gasteiger partial charge on any atom is 0.404 e. The Morgan fingerprint density at radius 2 is 2.05 bits per heavy atom. The molecule has 9 heteroatoms. The smallest absolute Gasteiger partial charge is 0.404 e. The van der Waals surface area contributed by atoms with Crippen molar-refractivity contribution in [2.45, 2.75) is 13.5 Å². The lowest BCUT2D eigenvalue weighted by Crippen LogP contribution is -2.29. The summed E-state index contributed by atoms with van der Waals surface area (Å²) in [6.07, 6.45) is 1.17. The minimum absolute atomic E-state index is 0.0247. The summed E-state index contributed by atoms with van der Waals surface area (Å²) in [5.41, 5.74) is 0. The fourth-order valence-electron chi connectivity index (χ4n) is 1.17. The zero-order chi connectivity index (χ0) is 14.3. The number of ether oxygens (including phenoxy) is 1. The van der Waals surface area contributed by atoms with Crippen molar-refractivity contribution in [3.8, 4) is 5.75 Å². The monoisotopic (exact) mass is 276 g/mol. The molecule has 1 heterocycles. The number of alkyl halides is 2. The van der Waals surface area contributed by atoms with Crippen molar-refractivity contribution in [1.29, 1.82) is 0 Å². The van der Waals surface area contributed by atoms with Gasteiger partial charge in [0, 0.05) is 13.1 Å². The van der Waals surface area contributed by atoms with Gasteiger partial charge in [0.15, 0.2) is 5.75 Å². The third kappa shape index (κ3) is 6.34. The van der Waals surface area contributed by atoms with Crippen LogP contribution >= 0.6 is 0 Å². The lowest BCUT2D eigenvalue weighted by molar-refractivity contribution is -0.0503. The van der Waals surface area contributed by atoms with Gasteiger partial charge in [-0.2, -0.15) is 8.78 Å². The molecule has 0 aromatic carbocycles. The molecular weight excluding hydrogens is 262 g/mol. The van der Waals surface area contributed by atoms with Crippen LogP contribution in [0.3, 0.4) is 0 Å². The van der Waals surface area contributed by atoms with Gasteiger partial charge in [0.05, 0.1) is 12.4 Å². The highest BCUT2D eigenvalue weighted by molar-refractivity contribution is 5.64. The van der Waals surface area contributed by atoms with E-state index in [9.17, 15) is 13.6 Å². The summed E-state index contributed by atoms with van der Waals surface area (Å²) in [5, 5.41) is 13.5. The first-order valence-electron chi connectivity index (χ1n) is 5.45. The van der Waals surface area contributed by atoms with Gasteiger partial charge in [0.1, 0.15) is 0 Å². The van der Waals surface area contributed by atoms with Gasteiger partial charge in [-0.15, -0.1) is 0 Å². The van der Waals surface area contributed by atoms with Crippen molar-refractivity contribution in [2.75, 3.05) is 18.4 Å². The zero-order valence-electron chi connectivity index (χ0n) is 10.1. The fourth-order valence-corrected chi connectivity index (χ4v) is 1.17. The summed E-state index contributed by atoms with van der Waals surface area (Å²) in [4.78, 5) is 17.8. The number of halogens is 2. The van der Waals surface area contributed by atoms with Gasteiger partial charge < -0.3 is 20.5 Å². The summed E-state index contributed by atoms with van der Waals surface area (Å²) in [6, 6.07) is 0. The molecule has 106 valence electrons. The second-order valence-electron chi connectivity index (χ2n) is 3.79. The van der Waals surface area contributed by atoms with Crippen LogP contribution in [0, 0.1) is 5.92 Å². The van der Waals surface area contributed by atoms with Gasteiger partial charge >= 0.3 is 12.7 Å². The predicted octanol–water partition coefficient (Wildman–Crippen LogP) is 1.39. The van der Waals surface area contributed by atoms with Crippen LogP contribution in [-0.4, -0.2) is 40.9 Å². The van der Waals surface area contributed by atoms with E-state index in [2.05, 4.69) is 25.3 Å². The van der Waals surface area contributed by atoms with Crippen molar-refractivity contribution in [3.05, 3.63) is 12.4 Å². The topological polar surface area (TPSA) is 96.4 Å². The van der Waals surface area contributed by atoms with Crippen molar-refractivity contribution in [2.24, 2.45) is 5.92 Å². The predicted molar refractivity (Wildman–Crippen MR) is 62.3 cm³/mol. The maximum atomic E-state index is 11.9. The summed E-state index contributed by atoms with van der Waals surface area (Å²) < 4.78 is 27.9. The summed E-state index contributed by atoms with van der Waals surface area (Å²) in [7, 11) is 0. The number of nitrogens with one attached hydrogen (secondary N) is 2. The largest absolute Gasteiger partial charge is 0.465 e. The normalized spacial score (nSPS) is 12.0. The van der Waals surface area contributed by atoms with Crippen LogP contribution in [0.2, 0.25) is 0 Å². The van der Waals surface area contributed by atoms with Crippen LogP contribution in [0.1, 0.15) is 6.92 Å². The summed E-state index contributed by atoms with van der Waals surface area (Å²) in [6.45, 7) is -0.355. The van der Waals surface area contributed by atoms with E-state index in [0.717, 1.165) is 12.4 Å². The molecule has 0 aliphatic carbocycles. The molecule has 0 aliphatic heterocycles. The minimum atomic E-state index is -2.91. The molecule has 7 nitrogen and oxygen atoms in total. The van der Waals surface area contributed by atoms with E-state index in [1.807, 2.05) is 6.92 Å². The molecule has 1 amide bonds. The first-order valence-corrected chi connectivity index (χ1v) is 5.45. The molecule has 1 unspecified atom stereocenters. The number of nitrogens with zero attached hydrogens (tertiary/aromatic N) is 2. The number of rotatable bonds is 7. The Morgan fingerprint density at radius 3 is 2.58 bits per heavy atom. The average molecular weight is 276 g/mol. The van der Waals surface area contributed by atoms with Crippen molar-refractivity contribution < 1.29 is 23.4 Å². The second-order valence-corrected chi connectivity index (χ2v) is 3.79. The van der Waals surface area contributed by atoms with E-state index in [1.54, 1.807) is 0 Å². The molecule has 0 saturated carbocycles. The number of anilines is 1. The second kappa shape index (κ2) is 7.29. The molecule has 19 heavy (non-hydrogen) atoms. The van der Waals surface area contributed by atoms with Crippen LogP contribution in [0.4, 0.5) is 19.5 Å². The van der Waals surface area contributed by atoms with E-state index in [-0.39, 0.29) is 24.2 Å². The van der Waals surface area contributed by atoms with Gasteiger partial charge in [0.2, 0.25) is 5.95 Å². The molecule has 0 bridgehead atoms. The number of carboxylic acid groups (broad SMARTS) is 1. The Morgan fingerprint density at radius 1 is 1.42 bits per heavy atom. The minimum Gasteiger partial charge on any atom is -0.465 e. The Hall–Kier alpha value is -2.19. The van der Waals surface area contributed by atoms with Gasteiger partial charge in [-0.05, 0) is 5.92 Å². The number of hydrogen-bond donors (Lipinski definition) is 3. The Balaban J connectivity index is 2.35. The molecular formula is C10H14F2N4O3. The van der Waals surface area contributed by atoms with Crippen LogP contribution in [0.25, 0.3) is 0 Å². The third-order valence-electron chi connectivity index (χ3n) is 2.06. The van der Waals surface area contributed by atoms with Crippen molar-refractivity contribution in [1.82, 2.24) is 15.3 Å². The van der Waals surface area contributed by atoms with E-state index in [4.69, 9.17) is 5.11 Å². The molecule has 1 aromatic rings. The average Bonchev–Trinajstić information content (AvgIpc) is 2.35. The van der Waals surface area contributed by atoms with E-state index < -0.39 is 12.7 Å². The molecule has 0 aliphatic rings. The highest BCUT2D eigenvalue weighted by Crippen LogP contribution is 2.11. The number of carbonyl (C=O) groups is 1. The van der Waals surface area contributed by atoms with Gasteiger partial charge in [-0.1, -0.05) is 6.92 Å². The quantitative estimate of drug-likeness (QED) is 0.696. The van der Waals surface area contributed by atoms with Crippen molar-refractivity contribution in [3.63, 3.8) is 0 Å². The van der Waals surface area contributed by atoms with Gasteiger partial charge in [0.25, 0.3) is 0 Å². The lowest BCUT2D eigenvalue weighted by Gasteiger charge is -2.12. The summed E-state index contributed by atoms with van der Waals surface area (Å²) >= 11 is 0. The lowest BCUT2D eigenvalue weighted by atomic mass is 10.2. The first-order chi connectivity index (χ1) is 8.97. The Labute approximate surface area is 108 Å². The molecule has 0 radical (unpaired) electrons. The molecule has 1 rings (SSSR count). The number of hydrogen-bond acceptors (Lipinski definition) is 5. The molecule has 0 spiro atoms.